The maximum atomic E-state index is 13.2. The maximum absolute atomic E-state index is 13.2. The van der Waals surface area contributed by atoms with Gasteiger partial charge in [0.05, 0.1) is 30.8 Å². The fourth-order valence-electron chi connectivity index (χ4n) is 3.63. The highest BCUT2D eigenvalue weighted by Crippen LogP contribution is 2.24. The fraction of sp³-hybridized carbons (Fsp3) is 0.200. The van der Waals surface area contributed by atoms with Crippen LogP contribution in [-0.4, -0.2) is 52.2 Å². The first-order chi connectivity index (χ1) is 15.0. The van der Waals surface area contributed by atoms with E-state index >= 15 is 0 Å². The predicted octanol–water partition coefficient (Wildman–Crippen LogP) is 0.896. The molecule has 11 heteroatoms. The van der Waals surface area contributed by atoms with E-state index in [0.717, 1.165) is 5.39 Å². The van der Waals surface area contributed by atoms with E-state index in [-0.39, 0.29) is 23.7 Å². The van der Waals surface area contributed by atoms with Crippen molar-refractivity contribution < 1.29 is 13.2 Å². The van der Waals surface area contributed by atoms with Crippen LogP contribution in [0.4, 0.5) is 0 Å². The number of aromatic nitrogens is 5. The molecule has 0 aliphatic carbocycles. The van der Waals surface area contributed by atoms with E-state index in [9.17, 15) is 13.2 Å². The normalized spacial score (nSPS) is 19.1. The maximum Gasteiger partial charge on any atom is 0.267 e. The number of nitrogens with one attached hydrogen (secondary N) is 1. The highest BCUT2D eigenvalue weighted by atomic mass is 32.2. The molecule has 1 fully saturated rings. The quantitative estimate of drug-likeness (QED) is 0.491. The molecule has 10 nitrogen and oxygen atoms in total. The summed E-state index contributed by atoms with van der Waals surface area (Å²) in [5.74, 6) is 0.441. The van der Waals surface area contributed by atoms with Gasteiger partial charge in [-0.3, -0.25) is 9.78 Å². The van der Waals surface area contributed by atoms with Crippen LogP contribution in [0.2, 0.25) is 0 Å². The fourth-order valence-corrected chi connectivity index (χ4v) is 5.07. The van der Waals surface area contributed by atoms with Crippen LogP contribution >= 0.6 is 0 Å². The van der Waals surface area contributed by atoms with Crippen LogP contribution in [0, 0.1) is 0 Å². The largest absolute Gasteiger partial charge is 0.377 e. The number of rotatable bonds is 5. The zero-order valence-corrected chi connectivity index (χ0v) is 17.0. The van der Waals surface area contributed by atoms with Crippen molar-refractivity contribution >= 4 is 20.9 Å². The Morgan fingerprint density at radius 1 is 1.03 bits per heavy atom. The smallest absolute Gasteiger partial charge is 0.267 e. The van der Waals surface area contributed by atoms with Crippen LogP contribution in [0.1, 0.15) is 6.04 Å². The van der Waals surface area contributed by atoms with Crippen LogP contribution in [0.5, 0.6) is 0 Å². The monoisotopic (exact) mass is 438 g/mol. The Kier molecular flexibility index (Phi) is 4.85. The predicted molar refractivity (Wildman–Crippen MR) is 111 cm³/mol. The highest BCUT2D eigenvalue weighted by Gasteiger charge is 2.35. The van der Waals surface area contributed by atoms with E-state index in [1.807, 2.05) is 0 Å². The SMILES string of the molecule is O=c1ccc(-n2cccn2)nn1C1COCC1NS(=O)(=O)c1cccc2cccnc12. The van der Waals surface area contributed by atoms with Gasteiger partial charge in [0.15, 0.2) is 5.82 Å². The summed E-state index contributed by atoms with van der Waals surface area (Å²) < 4.78 is 37.3. The van der Waals surface area contributed by atoms with E-state index in [1.54, 1.807) is 55.0 Å². The lowest BCUT2D eigenvalue weighted by atomic mass is 10.2. The molecule has 0 spiro atoms. The molecule has 5 rings (SSSR count). The summed E-state index contributed by atoms with van der Waals surface area (Å²) >= 11 is 0. The Labute approximate surface area is 177 Å². The minimum Gasteiger partial charge on any atom is -0.377 e. The molecule has 158 valence electrons. The zero-order chi connectivity index (χ0) is 21.4. The molecule has 0 bridgehead atoms. The molecule has 2 unspecified atom stereocenters. The van der Waals surface area contributed by atoms with Crippen molar-refractivity contribution in [2.75, 3.05) is 13.2 Å². The Hall–Kier alpha value is -3.41. The molecule has 1 saturated heterocycles. The summed E-state index contributed by atoms with van der Waals surface area (Å²) in [7, 11) is -3.93. The van der Waals surface area contributed by atoms with Gasteiger partial charge in [-0.25, -0.2) is 22.5 Å². The third-order valence-corrected chi connectivity index (χ3v) is 6.63. The number of para-hydroxylation sites is 1. The van der Waals surface area contributed by atoms with Gasteiger partial charge in [-0.05, 0) is 24.3 Å². The number of hydrogen-bond donors (Lipinski definition) is 1. The van der Waals surface area contributed by atoms with Gasteiger partial charge in [-0.2, -0.15) is 5.10 Å². The molecule has 1 N–H and O–H groups in total. The summed E-state index contributed by atoms with van der Waals surface area (Å²) in [6, 6.07) is 11.9. The van der Waals surface area contributed by atoms with Crippen LogP contribution in [0.3, 0.4) is 0 Å². The van der Waals surface area contributed by atoms with Crippen LogP contribution < -0.4 is 10.3 Å². The second kappa shape index (κ2) is 7.69. The van der Waals surface area contributed by atoms with Crippen LogP contribution in [0.15, 0.2) is 76.8 Å². The number of sulfonamides is 1. The average Bonchev–Trinajstić information content (AvgIpc) is 3.46. The molecule has 4 aromatic rings. The van der Waals surface area contributed by atoms with Crippen molar-refractivity contribution in [3.05, 3.63) is 77.5 Å². The van der Waals surface area contributed by atoms with E-state index in [1.165, 1.54) is 21.5 Å². The molecule has 31 heavy (non-hydrogen) atoms. The van der Waals surface area contributed by atoms with E-state index in [0.29, 0.717) is 11.3 Å². The minimum atomic E-state index is -3.93. The topological polar surface area (TPSA) is 121 Å². The summed E-state index contributed by atoms with van der Waals surface area (Å²) in [4.78, 5) is 16.8. The lowest BCUT2D eigenvalue weighted by molar-refractivity contribution is 0.181. The second-order valence-corrected chi connectivity index (χ2v) is 8.77. The van der Waals surface area contributed by atoms with Crippen molar-refractivity contribution in [3.8, 4) is 5.82 Å². The first-order valence-electron chi connectivity index (χ1n) is 9.57. The van der Waals surface area contributed by atoms with Gasteiger partial charge in [-0.15, -0.1) is 5.10 Å². The van der Waals surface area contributed by atoms with Gasteiger partial charge in [-0.1, -0.05) is 18.2 Å². The van der Waals surface area contributed by atoms with Gasteiger partial charge in [0, 0.05) is 30.0 Å². The van der Waals surface area contributed by atoms with Gasteiger partial charge in [0.1, 0.15) is 4.90 Å². The van der Waals surface area contributed by atoms with E-state index in [2.05, 4.69) is 19.9 Å². The van der Waals surface area contributed by atoms with Gasteiger partial charge >= 0.3 is 0 Å². The van der Waals surface area contributed by atoms with Crippen LogP contribution in [-0.2, 0) is 14.8 Å². The molecule has 1 aliphatic rings. The number of benzene rings is 1. The average molecular weight is 438 g/mol. The third-order valence-electron chi connectivity index (χ3n) is 5.11. The van der Waals surface area contributed by atoms with E-state index in [4.69, 9.17) is 4.74 Å². The molecule has 2 atom stereocenters. The lowest BCUT2D eigenvalue weighted by Gasteiger charge is -2.21. The molecule has 0 amide bonds. The summed E-state index contributed by atoms with van der Waals surface area (Å²) in [5.41, 5.74) is 0.0198. The Morgan fingerprint density at radius 3 is 2.74 bits per heavy atom. The number of nitrogens with zero attached hydrogens (tertiary/aromatic N) is 5. The van der Waals surface area contributed by atoms with Crippen molar-refractivity contribution in [2.45, 2.75) is 17.0 Å². The second-order valence-electron chi connectivity index (χ2n) is 7.09. The molecule has 1 aromatic carbocycles. The van der Waals surface area contributed by atoms with E-state index < -0.39 is 22.1 Å². The van der Waals surface area contributed by atoms with Crippen molar-refractivity contribution in [1.82, 2.24) is 29.3 Å². The minimum absolute atomic E-state index is 0.0712. The molecule has 4 heterocycles. The van der Waals surface area contributed by atoms with Crippen LogP contribution in [0.25, 0.3) is 16.7 Å². The molecular formula is C20H18N6O4S. The lowest BCUT2D eigenvalue weighted by Crippen LogP contribution is -2.44. The summed E-state index contributed by atoms with van der Waals surface area (Å²) in [6.45, 7) is 0.263. The number of ether oxygens (including phenoxy) is 1. The first kappa shape index (κ1) is 19.5. The van der Waals surface area contributed by atoms with Crippen molar-refractivity contribution in [3.63, 3.8) is 0 Å². The Morgan fingerprint density at radius 2 is 1.90 bits per heavy atom. The number of pyridine rings is 1. The molecule has 1 aliphatic heterocycles. The van der Waals surface area contributed by atoms with Gasteiger partial charge in [0.25, 0.3) is 5.56 Å². The van der Waals surface area contributed by atoms with Crippen molar-refractivity contribution in [2.24, 2.45) is 0 Å². The zero-order valence-electron chi connectivity index (χ0n) is 16.2. The Balaban J connectivity index is 1.49. The summed E-state index contributed by atoms with van der Waals surface area (Å²) in [5, 5.41) is 9.21. The number of fused-ring (bicyclic) bond motifs is 1. The molecular weight excluding hydrogens is 420 g/mol. The molecule has 0 saturated carbocycles. The number of hydrogen-bond acceptors (Lipinski definition) is 7. The third kappa shape index (κ3) is 3.63. The van der Waals surface area contributed by atoms with Crippen molar-refractivity contribution in [1.29, 1.82) is 0 Å². The first-order valence-corrected chi connectivity index (χ1v) is 11.0. The molecule has 0 radical (unpaired) electrons. The standard InChI is InChI=1S/C20H18N6O4S/c27-19-8-7-18(25-11-3-10-22-25)23-26(19)16-13-30-12-15(16)24-31(28,29)17-6-1-4-14-5-2-9-21-20(14)17/h1-11,15-16,24H,12-13H2. The Bertz CT molecular complexity index is 1400. The molecule has 3 aromatic heterocycles. The summed E-state index contributed by atoms with van der Waals surface area (Å²) in [6.07, 6.45) is 4.86. The highest BCUT2D eigenvalue weighted by molar-refractivity contribution is 7.89. The van der Waals surface area contributed by atoms with Gasteiger partial charge < -0.3 is 4.74 Å². The van der Waals surface area contributed by atoms with Gasteiger partial charge in [0.2, 0.25) is 10.0 Å².